The van der Waals surface area contributed by atoms with Crippen molar-refractivity contribution >= 4 is 12.0 Å². The van der Waals surface area contributed by atoms with Crippen molar-refractivity contribution in [3.05, 3.63) is 29.6 Å². The maximum atomic E-state index is 11.0. The van der Waals surface area contributed by atoms with Gasteiger partial charge in [0.15, 0.2) is 0 Å². The standard InChI is InChI=1S/C9H11NO3/c1-13-9(12)8-5-7(6-10-8)3-2-4-11/h2-3,5-6,10-11H,4H2,1H3. The van der Waals surface area contributed by atoms with E-state index >= 15 is 0 Å². The molecule has 4 heteroatoms. The first kappa shape index (κ1) is 9.54. The van der Waals surface area contributed by atoms with E-state index in [1.165, 1.54) is 7.11 Å². The number of esters is 1. The molecule has 1 rings (SSSR count). The molecule has 4 nitrogen and oxygen atoms in total. The van der Waals surface area contributed by atoms with Gasteiger partial charge >= 0.3 is 5.97 Å². The van der Waals surface area contributed by atoms with Crippen LogP contribution in [0.25, 0.3) is 6.08 Å². The van der Waals surface area contributed by atoms with E-state index in [1.54, 1.807) is 24.4 Å². The lowest BCUT2D eigenvalue weighted by molar-refractivity contribution is 0.0595. The highest BCUT2D eigenvalue weighted by atomic mass is 16.5. The predicted octanol–water partition coefficient (Wildman–Crippen LogP) is 0.807. The van der Waals surface area contributed by atoms with Gasteiger partial charge in [0.2, 0.25) is 0 Å². The zero-order valence-electron chi connectivity index (χ0n) is 7.28. The lowest BCUT2D eigenvalue weighted by atomic mass is 10.3. The molecule has 0 aliphatic rings. The van der Waals surface area contributed by atoms with E-state index in [1.807, 2.05) is 0 Å². The molecule has 0 atom stereocenters. The summed E-state index contributed by atoms with van der Waals surface area (Å²) in [7, 11) is 1.33. The van der Waals surface area contributed by atoms with Gasteiger partial charge in [0, 0.05) is 6.20 Å². The molecule has 0 radical (unpaired) electrons. The predicted molar refractivity (Wildman–Crippen MR) is 48.3 cm³/mol. The van der Waals surface area contributed by atoms with Gasteiger partial charge in [-0.25, -0.2) is 4.79 Å². The first-order valence-electron chi connectivity index (χ1n) is 3.82. The number of nitrogens with one attached hydrogen (secondary N) is 1. The smallest absolute Gasteiger partial charge is 0.354 e. The lowest BCUT2D eigenvalue weighted by Crippen LogP contribution is -2.00. The van der Waals surface area contributed by atoms with E-state index in [9.17, 15) is 4.79 Å². The topological polar surface area (TPSA) is 62.3 Å². The molecule has 0 aliphatic carbocycles. The first-order chi connectivity index (χ1) is 6.27. The molecule has 0 spiro atoms. The second kappa shape index (κ2) is 4.47. The number of aromatic amines is 1. The number of hydrogen-bond donors (Lipinski definition) is 2. The van der Waals surface area contributed by atoms with Gasteiger partial charge in [-0.05, 0) is 11.6 Å². The summed E-state index contributed by atoms with van der Waals surface area (Å²) >= 11 is 0. The maximum absolute atomic E-state index is 11.0. The lowest BCUT2D eigenvalue weighted by Gasteiger charge is -1.91. The van der Waals surface area contributed by atoms with Crippen LogP contribution < -0.4 is 0 Å². The Morgan fingerprint density at radius 3 is 3.15 bits per heavy atom. The van der Waals surface area contributed by atoms with Crippen LogP contribution in [0, 0.1) is 0 Å². The molecule has 0 unspecified atom stereocenters. The van der Waals surface area contributed by atoms with E-state index in [4.69, 9.17) is 5.11 Å². The Labute approximate surface area is 75.8 Å². The van der Waals surface area contributed by atoms with E-state index in [2.05, 4.69) is 9.72 Å². The molecule has 1 heterocycles. The van der Waals surface area contributed by atoms with Crippen molar-refractivity contribution in [1.82, 2.24) is 4.98 Å². The van der Waals surface area contributed by atoms with Gasteiger partial charge in [-0.15, -0.1) is 0 Å². The van der Waals surface area contributed by atoms with Gasteiger partial charge in [0.05, 0.1) is 13.7 Å². The summed E-state index contributed by atoms with van der Waals surface area (Å²) in [5.41, 5.74) is 1.23. The summed E-state index contributed by atoms with van der Waals surface area (Å²) in [4.78, 5) is 13.7. The summed E-state index contributed by atoms with van der Waals surface area (Å²) in [6.07, 6.45) is 4.96. The second-order valence-electron chi connectivity index (χ2n) is 2.42. The molecule has 0 saturated heterocycles. The number of ether oxygens (including phenoxy) is 1. The SMILES string of the molecule is COC(=O)c1cc(C=CCO)c[nH]1. The number of aliphatic hydroxyl groups excluding tert-OH is 1. The minimum atomic E-state index is -0.399. The number of carbonyl (C=O) groups is 1. The Morgan fingerprint density at radius 1 is 1.77 bits per heavy atom. The van der Waals surface area contributed by atoms with Gasteiger partial charge in [-0.2, -0.15) is 0 Å². The highest BCUT2D eigenvalue weighted by molar-refractivity contribution is 5.88. The zero-order chi connectivity index (χ0) is 9.68. The van der Waals surface area contributed by atoms with Crippen molar-refractivity contribution in [3.8, 4) is 0 Å². The molecule has 0 aromatic carbocycles. The Balaban J connectivity index is 2.74. The molecule has 0 bridgehead atoms. The number of methoxy groups -OCH3 is 1. The van der Waals surface area contributed by atoms with Gasteiger partial charge < -0.3 is 14.8 Å². The molecule has 0 saturated carbocycles. The molecular formula is C9H11NO3. The van der Waals surface area contributed by atoms with Crippen LogP contribution in [0.5, 0.6) is 0 Å². The molecule has 70 valence electrons. The Morgan fingerprint density at radius 2 is 2.54 bits per heavy atom. The van der Waals surface area contributed by atoms with Crippen molar-refractivity contribution in [2.45, 2.75) is 0 Å². The molecule has 1 aromatic rings. The van der Waals surface area contributed by atoms with Crippen LogP contribution in [-0.2, 0) is 4.74 Å². The molecule has 1 aromatic heterocycles. The van der Waals surface area contributed by atoms with E-state index < -0.39 is 5.97 Å². The minimum Gasteiger partial charge on any atom is -0.464 e. The maximum Gasteiger partial charge on any atom is 0.354 e. The van der Waals surface area contributed by atoms with Crippen molar-refractivity contribution < 1.29 is 14.6 Å². The van der Waals surface area contributed by atoms with Gasteiger partial charge in [-0.3, -0.25) is 0 Å². The summed E-state index contributed by atoms with van der Waals surface area (Å²) in [5, 5.41) is 8.50. The number of hydrogen-bond acceptors (Lipinski definition) is 3. The van der Waals surface area contributed by atoms with Crippen LogP contribution in [0.15, 0.2) is 18.3 Å². The number of carbonyl (C=O) groups excluding carboxylic acids is 1. The van der Waals surface area contributed by atoms with Crippen molar-refractivity contribution in [2.75, 3.05) is 13.7 Å². The summed E-state index contributed by atoms with van der Waals surface area (Å²) in [6, 6.07) is 1.65. The normalized spacial score (nSPS) is 10.6. The van der Waals surface area contributed by atoms with Gasteiger partial charge in [-0.1, -0.05) is 12.2 Å². The van der Waals surface area contributed by atoms with Gasteiger partial charge in [0.1, 0.15) is 5.69 Å². The van der Waals surface area contributed by atoms with Crippen LogP contribution in [0.1, 0.15) is 16.1 Å². The number of aliphatic hydroxyl groups is 1. The number of aromatic nitrogens is 1. The van der Waals surface area contributed by atoms with Crippen molar-refractivity contribution in [2.24, 2.45) is 0 Å². The summed E-state index contributed by atoms with van der Waals surface area (Å²) in [5.74, 6) is -0.399. The number of rotatable bonds is 3. The minimum absolute atomic E-state index is 0.0151. The van der Waals surface area contributed by atoms with Crippen LogP contribution in [0.3, 0.4) is 0 Å². The van der Waals surface area contributed by atoms with Crippen LogP contribution in [0.2, 0.25) is 0 Å². The van der Waals surface area contributed by atoms with Crippen molar-refractivity contribution in [3.63, 3.8) is 0 Å². The van der Waals surface area contributed by atoms with Crippen LogP contribution in [-0.4, -0.2) is 29.8 Å². The highest BCUT2D eigenvalue weighted by Crippen LogP contribution is 2.06. The summed E-state index contributed by atoms with van der Waals surface area (Å²) < 4.78 is 4.51. The Kier molecular flexibility index (Phi) is 3.28. The highest BCUT2D eigenvalue weighted by Gasteiger charge is 2.05. The largest absolute Gasteiger partial charge is 0.464 e. The van der Waals surface area contributed by atoms with Crippen LogP contribution >= 0.6 is 0 Å². The molecule has 13 heavy (non-hydrogen) atoms. The quantitative estimate of drug-likeness (QED) is 0.678. The fourth-order valence-corrected chi connectivity index (χ4v) is 0.924. The molecule has 2 N–H and O–H groups in total. The molecular weight excluding hydrogens is 170 g/mol. The number of H-pyrrole nitrogens is 1. The average Bonchev–Trinajstić information content (AvgIpc) is 2.62. The Bertz CT molecular complexity index is 314. The summed E-state index contributed by atoms with van der Waals surface area (Å²) in [6.45, 7) is -0.0151. The van der Waals surface area contributed by atoms with E-state index in [0.29, 0.717) is 5.69 Å². The monoisotopic (exact) mass is 181 g/mol. The second-order valence-corrected chi connectivity index (χ2v) is 2.42. The third kappa shape index (κ3) is 2.45. The van der Waals surface area contributed by atoms with E-state index in [-0.39, 0.29) is 6.61 Å². The molecule has 0 amide bonds. The molecule has 0 aliphatic heterocycles. The fraction of sp³-hybridized carbons (Fsp3) is 0.222. The molecule has 0 fully saturated rings. The van der Waals surface area contributed by atoms with Crippen molar-refractivity contribution in [1.29, 1.82) is 0 Å². The third-order valence-electron chi connectivity index (χ3n) is 1.53. The first-order valence-corrected chi connectivity index (χ1v) is 3.82. The zero-order valence-corrected chi connectivity index (χ0v) is 7.28. The fourth-order valence-electron chi connectivity index (χ4n) is 0.924. The third-order valence-corrected chi connectivity index (χ3v) is 1.53. The Hall–Kier alpha value is -1.55. The average molecular weight is 181 g/mol. The van der Waals surface area contributed by atoms with E-state index in [0.717, 1.165) is 5.56 Å². The van der Waals surface area contributed by atoms with Crippen LogP contribution in [0.4, 0.5) is 0 Å². The van der Waals surface area contributed by atoms with Gasteiger partial charge in [0.25, 0.3) is 0 Å².